The van der Waals surface area contributed by atoms with E-state index in [2.05, 4.69) is 56.5 Å². The van der Waals surface area contributed by atoms with Crippen molar-refractivity contribution in [3.8, 4) is 0 Å². The van der Waals surface area contributed by atoms with Crippen molar-refractivity contribution in [2.75, 3.05) is 12.3 Å². The van der Waals surface area contributed by atoms with Crippen molar-refractivity contribution in [3.05, 3.63) is 63.6 Å². The van der Waals surface area contributed by atoms with Gasteiger partial charge in [0.25, 0.3) is 0 Å². The van der Waals surface area contributed by atoms with Crippen LogP contribution in [-0.2, 0) is 24.2 Å². The average molecular weight is 453 g/mol. The van der Waals surface area contributed by atoms with Crippen LogP contribution in [0.25, 0.3) is 0 Å². The number of carbonyl (C=O) groups is 1. The van der Waals surface area contributed by atoms with Crippen molar-refractivity contribution in [2.24, 2.45) is 0 Å². The van der Waals surface area contributed by atoms with Gasteiger partial charge in [0, 0.05) is 30.4 Å². The summed E-state index contributed by atoms with van der Waals surface area (Å²) in [6.07, 6.45) is 7.96. The highest BCUT2D eigenvalue weighted by atomic mass is 32.2. The molecule has 0 N–H and O–H groups in total. The number of fused-ring (bicyclic) bond motifs is 1. The molecule has 1 amide bonds. The zero-order valence-corrected chi connectivity index (χ0v) is 19.3. The molecule has 1 saturated carbocycles. The Bertz CT molecular complexity index is 1020. The smallest absolute Gasteiger partial charge is 0.233 e. The van der Waals surface area contributed by atoms with Crippen molar-refractivity contribution in [3.63, 3.8) is 0 Å². The molecule has 0 unspecified atom stereocenters. The van der Waals surface area contributed by atoms with Gasteiger partial charge in [0.2, 0.25) is 5.91 Å². The summed E-state index contributed by atoms with van der Waals surface area (Å²) in [7, 11) is 0. The van der Waals surface area contributed by atoms with Crippen molar-refractivity contribution < 1.29 is 4.79 Å². The minimum atomic E-state index is 0.192. The minimum absolute atomic E-state index is 0.192. The molecule has 7 heteroatoms. The first-order valence-corrected chi connectivity index (χ1v) is 13.1. The van der Waals surface area contributed by atoms with Gasteiger partial charge >= 0.3 is 0 Å². The predicted octanol–water partition coefficient (Wildman–Crippen LogP) is 5.11. The molecule has 0 radical (unpaired) electrons. The molecule has 1 aliphatic heterocycles. The molecule has 1 fully saturated rings. The molecule has 3 heterocycles. The SMILES string of the molecule is O=C(CSc1nnc(Cc2cccs2)n1C1CCCCC1)N1CCc2ccccc2C1. The number of benzene rings is 1. The van der Waals surface area contributed by atoms with Crippen molar-refractivity contribution in [1.29, 1.82) is 0 Å². The standard InChI is InChI=1S/C24H28N4OS2/c29-23(27-13-12-18-7-4-5-8-19(18)16-27)17-31-24-26-25-22(15-21-11-6-14-30-21)28(24)20-9-2-1-3-10-20/h4-8,11,14,20H,1-3,9-10,12-13,15-17H2. The van der Waals surface area contributed by atoms with Crippen LogP contribution in [0.4, 0.5) is 0 Å². The Hall–Kier alpha value is -2.12. The normalized spacial score (nSPS) is 17.0. The highest BCUT2D eigenvalue weighted by Crippen LogP contribution is 2.33. The lowest BCUT2D eigenvalue weighted by atomic mass is 9.95. The first-order valence-electron chi connectivity index (χ1n) is 11.2. The third kappa shape index (κ3) is 4.72. The second-order valence-electron chi connectivity index (χ2n) is 8.44. The number of hydrogen-bond acceptors (Lipinski definition) is 5. The molecular weight excluding hydrogens is 424 g/mol. The maximum atomic E-state index is 13.0. The molecule has 0 spiro atoms. The molecule has 0 bridgehead atoms. The van der Waals surface area contributed by atoms with Crippen molar-refractivity contribution >= 4 is 29.0 Å². The molecular formula is C24H28N4OS2. The van der Waals surface area contributed by atoms with Crippen LogP contribution in [0.2, 0.25) is 0 Å². The fourth-order valence-electron chi connectivity index (χ4n) is 4.73. The largest absolute Gasteiger partial charge is 0.337 e. The van der Waals surface area contributed by atoms with E-state index in [1.54, 1.807) is 23.1 Å². The van der Waals surface area contributed by atoms with Crippen LogP contribution in [0.5, 0.6) is 0 Å². The quantitative estimate of drug-likeness (QED) is 0.488. The van der Waals surface area contributed by atoms with Crippen LogP contribution in [0.3, 0.4) is 0 Å². The molecule has 3 aromatic rings. The summed E-state index contributed by atoms with van der Waals surface area (Å²) < 4.78 is 2.35. The zero-order chi connectivity index (χ0) is 21.0. The number of thiophene rings is 1. The van der Waals surface area contributed by atoms with Crippen LogP contribution in [0, 0.1) is 0 Å². The summed E-state index contributed by atoms with van der Waals surface area (Å²) in [6.45, 7) is 1.52. The van der Waals surface area contributed by atoms with E-state index in [9.17, 15) is 4.79 Å². The van der Waals surface area contributed by atoms with Gasteiger partial charge in [-0.15, -0.1) is 21.5 Å². The zero-order valence-electron chi connectivity index (χ0n) is 17.7. The minimum Gasteiger partial charge on any atom is -0.337 e. The first kappa shape index (κ1) is 20.8. The number of aromatic nitrogens is 3. The number of thioether (sulfide) groups is 1. The lowest BCUT2D eigenvalue weighted by molar-refractivity contribution is -0.129. The van der Waals surface area contributed by atoms with E-state index < -0.39 is 0 Å². The number of hydrogen-bond donors (Lipinski definition) is 0. The highest BCUT2D eigenvalue weighted by Gasteiger charge is 2.25. The van der Waals surface area contributed by atoms with E-state index in [4.69, 9.17) is 0 Å². The second kappa shape index (κ2) is 9.57. The van der Waals surface area contributed by atoms with Crippen LogP contribution < -0.4 is 0 Å². The molecule has 2 aliphatic rings. The Kier molecular flexibility index (Phi) is 6.41. The van der Waals surface area contributed by atoms with Gasteiger partial charge in [0.05, 0.1) is 5.75 Å². The van der Waals surface area contributed by atoms with E-state index in [-0.39, 0.29) is 5.91 Å². The molecule has 5 nitrogen and oxygen atoms in total. The monoisotopic (exact) mass is 452 g/mol. The van der Waals surface area contributed by atoms with Gasteiger partial charge in [-0.05, 0) is 41.8 Å². The summed E-state index contributed by atoms with van der Waals surface area (Å²) in [4.78, 5) is 16.3. The maximum absolute atomic E-state index is 13.0. The molecule has 2 aromatic heterocycles. The lowest BCUT2D eigenvalue weighted by Gasteiger charge is -2.29. The number of amides is 1. The topological polar surface area (TPSA) is 51.0 Å². The molecule has 1 aromatic carbocycles. The van der Waals surface area contributed by atoms with E-state index >= 15 is 0 Å². The van der Waals surface area contributed by atoms with Crippen molar-refractivity contribution in [2.45, 2.75) is 62.7 Å². The summed E-state index contributed by atoms with van der Waals surface area (Å²) in [5.74, 6) is 1.65. The Morgan fingerprint density at radius 3 is 2.71 bits per heavy atom. The van der Waals surface area contributed by atoms with E-state index in [1.165, 1.54) is 48.1 Å². The summed E-state index contributed by atoms with van der Waals surface area (Å²) in [6, 6.07) is 13.2. The Balaban J connectivity index is 1.29. The van der Waals surface area contributed by atoms with Gasteiger partial charge in [0.1, 0.15) is 5.82 Å². The molecule has 0 saturated heterocycles. The second-order valence-corrected chi connectivity index (χ2v) is 10.4. The van der Waals surface area contributed by atoms with E-state index in [0.29, 0.717) is 18.3 Å². The van der Waals surface area contributed by atoms with E-state index in [0.717, 1.165) is 30.4 Å². The molecule has 1 aliphatic carbocycles. The fourth-order valence-corrected chi connectivity index (χ4v) is 6.36. The van der Waals surface area contributed by atoms with Gasteiger partial charge in [0.15, 0.2) is 5.16 Å². The maximum Gasteiger partial charge on any atom is 0.233 e. The van der Waals surface area contributed by atoms with Crippen LogP contribution in [0.15, 0.2) is 46.9 Å². The van der Waals surface area contributed by atoms with Gasteiger partial charge in [-0.1, -0.05) is 61.4 Å². The van der Waals surface area contributed by atoms with Gasteiger partial charge in [-0.25, -0.2) is 0 Å². The fraction of sp³-hybridized carbons (Fsp3) is 0.458. The Morgan fingerprint density at radius 1 is 1.06 bits per heavy atom. The van der Waals surface area contributed by atoms with Crippen LogP contribution in [0.1, 0.15) is 60.0 Å². The number of rotatable bonds is 6. The summed E-state index contributed by atoms with van der Waals surface area (Å²) in [5.41, 5.74) is 2.64. The predicted molar refractivity (Wildman–Crippen MR) is 126 cm³/mol. The highest BCUT2D eigenvalue weighted by molar-refractivity contribution is 7.99. The summed E-state index contributed by atoms with van der Waals surface area (Å²) in [5, 5.41) is 12.1. The molecule has 31 heavy (non-hydrogen) atoms. The number of carbonyl (C=O) groups excluding carboxylic acids is 1. The third-order valence-electron chi connectivity index (χ3n) is 6.40. The molecule has 162 valence electrons. The Labute approximate surface area is 191 Å². The van der Waals surface area contributed by atoms with Crippen LogP contribution >= 0.6 is 23.1 Å². The molecule has 0 atom stereocenters. The van der Waals surface area contributed by atoms with E-state index in [1.807, 2.05) is 4.90 Å². The van der Waals surface area contributed by atoms with Crippen molar-refractivity contribution in [1.82, 2.24) is 19.7 Å². The first-order chi connectivity index (χ1) is 15.3. The van der Waals surface area contributed by atoms with Gasteiger partial charge in [-0.3, -0.25) is 4.79 Å². The van der Waals surface area contributed by atoms with Gasteiger partial charge in [-0.2, -0.15) is 0 Å². The average Bonchev–Trinajstić information content (AvgIpc) is 3.48. The molecule has 5 rings (SSSR count). The van der Waals surface area contributed by atoms with Gasteiger partial charge < -0.3 is 9.47 Å². The Morgan fingerprint density at radius 2 is 1.90 bits per heavy atom. The van der Waals surface area contributed by atoms with Crippen LogP contribution in [-0.4, -0.2) is 37.9 Å². The number of nitrogens with zero attached hydrogens (tertiary/aromatic N) is 4. The lowest BCUT2D eigenvalue weighted by Crippen LogP contribution is -2.37. The third-order valence-corrected chi connectivity index (χ3v) is 8.20. The summed E-state index contributed by atoms with van der Waals surface area (Å²) >= 11 is 3.32.